The van der Waals surface area contributed by atoms with E-state index in [2.05, 4.69) is 23.3 Å². The maximum absolute atomic E-state index is 8.76. The van der Waals surface area contributed by atoms with Gasteiger partial charge in [-0.15, -0.1) is 0 Å². The van der Waals surface area contributed by atoms with Crippen molar-refractivity contribution in [3.05, 3.63) is 29.6 Å². The van der Waals surface area contributed by atoms with Crippen LogP contribution in [0.2, 0.25) is 0 Å². The van der Waals surface area contributed by atoms with Gasteiger partial charge in [-0.3, -0.25) is 0 Å². The molecule has 0 amide bonds. The number of nitrogens with zero attached hydrogens (tertiary/aromatic N) is 2. The molecule has 0 aliphatic heterocycles. The molecule has 3 heteroatoms. The van der Waals surface area contributed by atoms with Crippen LogP contribution in [0.25, 0.3) is 0 Å². The van der Waals surface area contributed by atoms with Crippen molar-refractivity contribution in [2.24, 2.45) is 11.8 Å². The summed E-state index contributed by atoms with van der Waals surface area (Å²) in [4.78, 5) is 3.96. The lowest BCUT2D eigenvalue weighted by atomic mass is 10.1. The van der Waals surface area contributed by atoms with Gasteiger partial charge in [-0.25, -0.2) is 4.98 Å². The van der Waals surface area contributed by atoms with E-state index in [0.717, 1.165) is 30.5 Å². The topological polar surface area (TPSA) is 48.7 Å². The van der Waals surface area contributed by atoms with Crippen molar-refractivity contribution in [1.29, 1.82) is 5.26 Å². The lowest BCUT2D eigenvalue weighted by molar-refractivity contribution is 0.470. The smallest absolute Gasteiger partial charge is 0.140 e. The predicted molar refractivity (Wildman–Crippen MR) is 67.2 cm³/mol. The standard InChI is InChI=1S/C14H19N3/c1-11-2-3-12(6-11)9-16-10-13-4-5-17-14(7-13)8-15/h4-5,7,11-12,16H,2-3,6,9-10H2,1H3. The van der Waals surface area contributed by atoms with Gasteiger partial charge < -0.3 is 5.32 Å². The van der Waals surface area contributed by atoms with Gasteiger partial charge >= 0.3 is 0 Å². The molecule has 1 aromatic heterocycles. The Morgan fingerprint density at radius 1 is 1.53 bits per heavy atom. The molecule has 1 aromatic rings. The Kier molecular flexibility index (Phi) is 4.11. The average molecular weight is 229 g/mol. The Morgan fingerprint density at radius 2 is 2.41 bits per heavy atom. The second-order valence-corrected chi connectivity index (χ2v) is 5.08. The summed E-state index contributed by atoms with van der Waals surface area (Å²) in [6.45, 7) is 4.26. The lowest BCUT2D eigenvalue weighted by Crippen LogP contribution is -2.21. The summed E-state index contributed by atoms with van der Waals surface area (Å²) < 4.78 is 0. The Morgan fingerprint density at radius 3 is 3.12 bits per heavy atom. The normalized spacial score (nSPS) is 23.5. The van der Waals surface area contributed by atoms with Crippen molar-refractivity contribution in [2.45, 2.75) is 32.7 Å². The molecule has 1 fully saturated rings. The molecule has 0 saturated heterocycles. The number of hydrogen-bond donors (Lipinski definition) is 1. The molecule has 90 valence electrons. The van der Waals surface area contributed by atoms with Crippen molar-refractivity contribution in [3.8, 4) is 6.07 Å². The minimum atomic E-state index is 0.499. The first-order chi connectivity index (χ1) is 8.28. The zero-order valence-electron chi connectivity index (χ0n) is 10.3. The van der Waals surface area contributed by atoms with Crippen LogP contribution in [0.15, 0.2) is 18.3 Å². The number of rotatable bonds is 4. The number of pyridine rings is 1. The van der Waals surface area contributed by atoms with Crippen molar-refractivity contribution < 1.29 is 0 Å². The monoisotopic (exact) mass is 229 g/mol. The lowest BCUT2D eigenvalue weighted by Gasteiger charge is -2.11. The van der Waals surface area contributed by atoms with Crippen molar-refractivity contribution in [2.75, 3.05) is 6.54 Å². The minimum Gasteiger partial charge on any atom is -0.312 e. The van der Waals surface area contributed by atoms with Gasteiger partial charge in [-0.2, -0.15) is 5.26 Å². The van der Waals surface area contributed by atoms with Crippen LogP contribution in [-0.4, -0.2) is 11.5 Å². The summed E-state index contributed by atoms with van der Waals surface area (Å²) in [6, 6.07) is 5.88. The van der Waals surface area contributed by atoms with Crippen molar-refractivity contribution in [3.63, 3.8) is 0 Å². The third kappa shape index (κ3) is 3.54. The largest absolute Gasteiger partial charge is 0.312 e. The molecule has 0 radical (unpaired) electrons. The first-order valence-corrected chi connectivity index (χ1v) is 6.33. The van der Waals surface area contributed by atoms with Crippen LogP contribution >= 0.6 is 0 Å². The molecule has 2 rings (SSSR count). The van der Waals surface area contributed by atoms with Gasteiger partial charge in [0, 0.05) is 12.7 Å². The summed E-state index contributed by atoms with van der Waals surface area (Å²) in [7, 11) is 0. The first-order valence-electron chi connectivity index (χ1n) is 6.33. The molecular formula is C14H19N3. The van der Waals surface area contributed by atoms with E-state index in [-0.39, 0.29) is 0 Å². The van der Waals surface area contributed by atoms with E-state index in [1.807, 2.05) is 12.1 Å². The summed E-state index contributed by atoms with van der Waals surface area (Å²) in [5.74, 6) is 1.73. The third-order valence-electron chi connectivity index (χ3n) is 3.50. The van der Waals surface area contributed by atoms with Crippen LogP contribution in [0.5, 0.6) is 0 Å². The highest BCUT2D eigenvalue weighted by Crippen LogP contribution is 2.29. The summed E-state index contributed by atoms with van der Waals surface area (Å²) in [5.41, 5.74) is 1.64. The first kappa shape index (κ1) is 12.1. The fraction of sp³-hybridized carbons (Fsp3) is 0.571. The molecule has 2 atom stereocenters. The SMILES string of the molecule is CC1CCC(CNCc2ccnc(C#N)c2)C1. The highest BCUT2D eigenvalue weighted by Gasteiger charge is 2.20. The Labute approximate surface area is 103 Å². The summed E-state index contributed by atoms with van der Waals surface area (Å²) in [5, 5.41) is 12.2. The van der Waals surface area contributed by atoms with E-state index in [1.54, 1.807) is 6.20 Å². The van der Waals surface area contributed by atoms with Crippen LogP contribution in [-0.2, 0) is 6.54 Å². The van der Waals surface area contributed by atoms with E-state index in [4.69, 9.17) is 5.26 Å². The van der Waals surface area contributed by atoms with E-state index in [9.17, 15) is 0 Å². The molecule has 1 aliphatic carbocycles. The molecular weight excluding hydrogens is 210 g/mol. The summed E-state index contributed by atoms with van der Waals surface area (Å²) in [6.07, 6.45) is 5.79. The highest BCUT2D eigenvalue weighted by atomic mass is 14.9. The third-order valence-corrected chi connectivity index (χ3v) is 3.50. The van der Waals surface area contributed by atoms with Crippen molar-refractivity contribution >= 4 is 0 Å². The average Bonchev–Trinajstić information content (AvgIpc) is 2.75. The number of nitrogens with one attached hydrogen (secondary N) is 1. The number of aromatic nitrogens is 1. The Hall–Kier alpha value is -1.40. The fourth-order valence-electron chi connectivity index (χ4n) is 2.58. The van der Waals surface area contributed by atoms with E-state index in [0.29, 0.717) is 5.69 Å². The minimum absolute atomic E-state index is 0.499. The molecule has 1 N–H and O–H groups in total. The molecule has 0 bridgehead atoms. The van der Waals surface area contributed by atoms with E-state index < -0.39 is 0 Å². The number of nitriles is 1. The van der Waals surface area contributed by atoms with Crippen LogP contribution in [0.4, 0.5) is 0 Å². The maximum atomic E-state index is 8.76. The number of hydrogen-bond acceptors (Lipinski definition) is 3. The van der Waals surface area contributed by atoms with E-state index >= 15 is 0 Å². The van der Waals surface area contributed by atoms with Crippen molar-refractivity contribution in [1.82, 2.24) is 10.3 Å². The van der Waals surface area contributed by atoms with E-state index in [1.165, 1.54) is 19.3 Å². The van der Waals surface area contributed by atoms with Crippen LogP contribution in [0.1, 0.15) is 37.4 Å². The molecule has 1 aliphatic rings. The Balaban J connectivity index is 1.76. The fourth-order valence-corrected chi connectivity index (χ4v) is 2.58. The van der Waals surface area contributed by atoms with Gasteiger partial charge in [0.25, 0.3) is 0 Å². The second kappa shape index (κ2) is 5.79. The van der Waals surface area contributed by atoms with Gasteiger partial charge in [0.15, 0.2) is 0 Å². The highest BCUT2D eigenvalue weighted by molar-refractivity contribution is 5.25. The molecule has 1 saturated carbocycles. The Bertz CT molecular complexity index is 408. The quantitative estimate of drug-likeness (QED) is 0.863. The molecule has 0 aromatic carbocycles. The molecule has 1 heterocycles. The zero-order valence-corrected chi connectivity index (χ0v) is 10.3. The summed E-state index contributed by atoms with van der Waals surface area (Å²) >= 11 is 0. The van der Waals surface area contributed by atoms with Gasteiger partial charge in [0.1, 0.15) is 11.8 Å². The molecule has 0 spiro atoms. The molecule has 2 unspecified atom stereocenters. The predicted octanol–water partition coefficient (Wildman–Crippen LogP) is 2.48. The van der Waals surface area contributed by atoms with Crippen LogP contribution in [0, 0.1) is 23.2 Å². The van der Waals surface area contributed by atoms with Gasteiger partial charge in [0.05, 0.1) is 0 Å². The molecule has 3 nitrogen and oxygen atoms in total. The van der Waals surface area contributed by atoms with Crippen LogP contribution in [0.3, 0.4) is 0 Å². The molecule has 17 heavy (non-hydrogen) atoms. The van der Waals surface area contributed by atoms with Gasteiger partial charge in [0.2, 0.25) is 0 Å². The van der Waals surface area contributed by atoms with Gasteiger partial charge in [-0.05, 0) is 48.9 Å². The van der Waals surface area contributed by atoms with Gasteiger partial charge in [-0.1, -0.05) is 13.3 Å². The van der Waals surface area contributed by atoms with Crippen LogP contribution < -0.4 is 5.32 Å². The zero-order chi connectivity index (χ0) is 12.1. The maximum Gasteiger partial charge on any atom is 0.140 e. The second-order valence-electron chi connectivity index (χ2n) is 5.08.